The van der Waals surface area contributed by atoms with Crippen molar-refractivity contribution in [3.63, 3.8) is 0 Å². The zero-order chi connectivity index (χ0) is 22.7. The van der Waals surface area contributed by atoms with Gasteiger partial charge in [-0.25, -0.2) is 0 Å². The number of rotatable bonds is 3. The molecule has 1 aromatic heterocycles. The van der Waals surface area contributed by atoms with E-state index in [0.717, 1.165) is 57.6 Å². The lowest BCUT2D eigenvalue weighted by molar-refractivity contribution is -0.120. The van der Waals surface area contributed by atoms with Crippen molar-refractivity contribution in [2.75, 3.05) is 0 Å². The van der Waals surface area contributed by atoms with Gasteiger partial charge in [-0.2, -0.15) is 10.2 Å². The maximum absolute atomic E-state index is 13.6. The summed E-state index contributed by atoms with van der Waals surface area (Å²) in [6.45, 7) is 10.3. The van der Waals surface area contributed by atoms with Gasteiger partial charge in [0.2, 0.25) is 0 Å². The molecule has 6 nitrogen and oxygen atoms in total. The van der Waals surface area contributed by atoms with Crippen LogP contribution < -0.4 is 10.6 Å². The van der Waals surface area contributed by atoms with Crippen LogP contribution in [0.4, 0.5) is 0 Å². The summed E-state index contributed by atoms with van der Waals surface area (Å²) in [5, 5.41) is 15.7. The van der Waals surface area contributed by atoms with Crippen molar-refractivity contribution in [1.29, 1.82) is 0 Å². The molecule has 1 aromatic carbocycles. The fourth-order valence-corrected chi connectivity index (χ4v) is 5.67. The van der Waals surface area contributed by atoms with E-state index < -0.39 is 5.41 Å². The van der Waals surface area contributed by atoms with E-state index in [9.17, 15) is 4.79 Å². The number of hydrogen-bond donors (Lipinski definition) is 2. The Morgan fingerprint density at radius 1 is 1.19 bits per heavy atom. The van der Waals surface area contributed by atoms with Gasteiger partial charge in [-0.1, -0.05) is 25.1 Å². The van der Waals surface area contributed by atoms with Gasteiger partial charge in [0.05, 0.1) is 16.7 Å². The molecule has 1 unspecified atom stereocenters. The monoisotopic (exact) mass is 427 g/mol. The molecule has 3 aliphatic rings. The topological polar surface area (TPSA) is 78.7 Å². The van der Waals surface area contributed by atoms with Gasteiger partial charge in [0, 0.05) is 35.6 Å². The lowest BCUT2D eigenvalue weighted by Gasteiger charge is -2.48. The fourth-order valence-electron chi connectivity index (χ4n) is 5.67. The normalized spacial score (nSPS) is 25.9. The minimum atomic E-state index is -0.587. The molecule has 0 radical (unpaired) electrons. The number of nitrogens with zero attached hydrogens (tertiary/aromatic N) is 3. The third-order valence-electron chi connectivity index (χ3n) is 7.00. The Bertz CT molecular complexity index is 1220. The lowest BCUT2D eigenvalue weighted by atomic mass is 9.61. The SMILES string of the molecule is CC[C@@]1(c2cccc(-c3ccncc3C)c2)C2=C(CC(C)(C)NC2=O)NC2N=NC(C)=C21. The highest BCUT2D eigenvalue weighted by molar-refractivity contribution is 6.00. The average Bonchev–Trinajstić information content (AvgIpc) is 3.12. The summed E-state index contributed by atoms with van der Waals surface area (Å²) >= 11 is 0. The number of allylic oxidation sites excluding steroid dienone is 1. The van der Waals surface area contributed by atoms with E-state index in [1.807, 2.05) is 25.4 Å². The van der Waals surface area contributed by atoms with Crippen molar-refractivity contribution in [2.24, 2.45) is 10.2 Å². The first kappa shape index (κ1) is 20.6. The Morgan fingerprint density at radius 2 is 2.00 bits per heavy atom. The molecule has 0 saturated carbocycles. The number of benzene rings is 1. The molecule has 0 spiro atoms. The van der Waals surface area contributed by atoms with E-state index in [4.69, 9.17) is 0 Å². The van der Waals surface area contributed by atoms with Crippen LogP contribution in [0.2, 0.25) is 0 Å². The number of aromatic nitrogens is 1. The molecule has 164 valence electrons. The van der Waals surface area contributed by atoms with Crippen LogP contribution in [0.15, 0.2) is 75.5 Å². The first-order valence-corrected chi connectivity index (χ1v) is 11.2. The number of fused-ring (bicyclic) bond motifs is 1. The van der Waals surface area contributed by atoms with Gasteiger partial charge in [-0.15, -0.1) is 0 Å². The Labute approximate surface area is 188 Å². The van der Waals surface area contributed by atoms with Crippen molar-refractivity contribution in [3.05, 3.63) is 76.4 Å². The predicted molar refractivity (Wildman–Crippen MR) is 125 cm³/mol. The van der Waals surface area contributed by atoms with Crippen molar-refractivity contribution in [3.8, 4) is 11.1 Å². The van der Waals surface area contributed by atoms with Gasteiger partial charge in [-0.3, -0.25) is 9.78 Å². The molecule has 6 heteroatoms. The molecule has 5 rings (SSSR count). The molecule has 1 amide bonds. The minimum Gasteiger partial charge on any atom is -0.362 e. The molecule has 2 atom stereocenters. The minimum absolute atomic E-state index is 0.0123. The maximum Gasteiger partial charge on any atom is 0.250 e. The molecule has 0 aliphatic carbocycles. The highest BCUT2D eigenvalue weighted by Gasteiger charge is 2.54. The Kier molecular flexibility index (Phi) is 4.59. The number of azo groups is 1. The second-order valence-electron chi connectivity index (χ2n) is 9.66. The number of nitrogens with one attached hydrogen (secondary N) is 2. The largest absolute Gasteiger partial charge is 0.362 e. The molecule has 0 saturated heterocycles. The Morgan fingerprint density at radius 3 is 2.75 bits per heavy atom. The summed E-state index contributed by atoms with van der Waals surface area (Å²) in [5.74, 6) is -0.0123. The van der Waals surface area contributed by atoms with Crippen LogP contribution in [0.1, 0.15) is 51.7 Å². The molecule has 32 heavy (non-hydrogen) atoms. The predicted octanol–water partition coefficient (Wildman–Crippen LogP) is 4.93. The standard InChI is InChI=1S/C26H29N5O/c1-6-26(18-9-7-8-17(12-18)19-10-11-27-14-15(19)2)21-16(3)30-31-23(21)28-20-13-25(4,5)29-24(32)22(20)26/h7-12,14,23,28H,6,13H2,1-5H3,(H,29,32)/t23?,26-/m0/s1. The number of aryl methyl sites for hydroxylation is 1. The zero-order valence-corrected chi connectivity index (χ0v) is 19.3. The average molecular weight is 428 g/mol. The van der Waals surface area contributed by atoms with E-state index in [-0.39, 0.29) is 17.6 Å². The second kappa shape index (κ2) is 7.12. The fraction of sp³-hybridized carbons (Fsp3) is 0.385. The summed E-state index contributed by atoms with van der Waals surface area (Å²) in [6, 6.07) is 10.6. The zero-order valence-electron chi connectivity index (χ0n) is 19.3. The van der Waals surface area contributed by atoms with Crippen LogP contribution in [-0.2, 0) is 10.2 Å². The molecule has 2 N–H and O–H groups in total. The van der Waals surface area contributed by atoms with Gasteiger partial charge in [0.1, 0.15) is 0 Å². The number of amides is 1. The van der Waals surface area contributed by atoms with Crippen LogP contribution in [0.25, 0.3) is 11.1 Å². The first-order valence-electron chi connectivity index (χ1n) is 11.2. The number of carbonyl (C=O) groups excluding carboxylic acids is 1. The van der Waals surface area contributed by atoms with E-state index >= 15 is 0 Å². The summed E-state index contributed by atoms with van der Waals surface area (Å²) in [4.78, 5) is 17.8. The quantitative estimate of drug-likeness (QED) is 0.729. The van der Waals surface area contributed by atoms with Crippen LogP contribution in [0.5, 0.6) is 0 Å². The number of pyridine rings is 1. The molecule has 3 aliphatic heterocycles. The maximum atomic E-state index is 13.6. The van der Waals surface area contributed by atoms with Gasteiger partial charge in [-0.05, 0) is 68.5 Å². The van der Waals surface area contributed by atoms with Crippen molar-refractivity contribution >= 4 is 5.91 Å². The smallest absolute Gasteiger partial charge is 0.250 e. The lowest BCUT2D eigenvalue weighted by Crippen LogP contribution is -2.58. The van der Waals surface area contributed by atoms with Gasteiger partial charge in [0.25, 0.3) is 5.91 Å². The van der Waals surface area contributed by atoms with Crippen molar-refractivity contribution in [1.82, 2.24) is 15.6 Å². The summed E-state index contributed by atoms with van der Waals surface area (Å²) < 4.78 is 0. The molecule has 2 aromatic rings. The highest BCUT2D eigenvalue weighted by atomic mass is 16.2. The summed E-state index contributed by atoms with van der Waals surface area (Å²) in [7, 11) is 0. The Hall–Kier alpha value is -3.28. The van der Waals surface area contributed by atoms with Crippen LogP contribution in [0.3, 0.4) is 0 Å². The van der Waals surface area contributed by atoms with E-state index in [1.165, 1.54) is 0 Å². The van der Waals surface area contributed by atoms with Crippen LogP contribution >= 0.6 is 0 Å². The molecule has 0 fully saturated rings. The molecule has 0 bridgehead atoms. The van der Waals surface area contributed by atoms with Crippen LogP contribution in [-0.4, -0.2) is 22.6 Å². The summed E-state index contributed by atoms with van der Waals surface area (Å²) in [6.07, 6.45) is 4.95. The summed E-state index contributed by atoms with van der Waals surface area (Å²) in [5.41, 5.74) is 7.34. The third-order valence-corrected chi connectivity index (χ3v) is 7.00. The van der Waals surface area contributed by atoms with Crippen molar-refractivity contribution < 1.29 is 4.79 Å². The van der Waals surface area contributed by atoms with Gasteiger partial charge < -0.3 is 10.6 Å². The van der Waals surface area contributed by atoms with Crippen molar-refractivity contribution in [2.45, 2.75) is 64.6 Å². The molecule has 4 heterocycles. The molecular formula is C26H29N5O. The molecular weight excluding hydrogens is 398 g/mol. The highest BCUT2D eigenvalue weighted by Crippen LogP contribution is 2.53. The van der Waals surface area contributed by atoms with Crippen LogP contribution in [0, 0.1) is 6.92 Å². The number of hydrogen-bond acceptors (Lipinski definition) is 5. The first-order chi connectivity index (χ1) is 15.3. The van der Waals surface area contributed by atoms with Gasteiger partial charge >= 0.3 is 0 Å². The third kappa shape index (κ3) is 2.93. The van der Waals surface area contributed by atoms with Gasteiger partial charge in [0.15, 0.2) is 6.17 Å². The number of carbonyl (C=O) groups is 1. The second-order valence-corrected chi connectivity index (χ2v) is 9.66. The van der Waals surface area contributed by atoms with E-state index in [0.29, 0.717) is 0 Å². The Balaban J connectivity index is 1.78. The van der Waals surface area contributed by atoms with E-state index in [2.05, 4.69) is 77.8 Å². The van der Waals surface area contributed by atoms with E-state index in [1.54, 1.807) is 0 Å².